The van der Waals surface area contributed by atoms with Gasteiger partial charge in [0.2, 0.25) is 0 Å². The Hall–Kier alpha value is -1.73. The van der Waals surface area contributed by atoms with E-state index in [1.54, 1.807) is 10.7 Å². The molecule has 0 aliphatic carbocycles. The number of aryl methyl sites for hydroxylation is 1. The maximum Gasteiger partial charge on any atom is 0.498 e. The van der Waals surface area contributed by atoms with Crippen LogP contribution in [0.15, 0.2) is 18.2 Å². The highest BCUT2D eigenvalue weighted by molar-refractivity contribution is 6.63. The topological polar surface area (TPSA) is 36.3 Å². The molecule has 0 bridgehead atoms. The van der Waals surface area contributed by atoms with Crippen molar-refractivity contribution in [2.75, 3.05) is 0 Å². The van der Waals surface area contributed by atoms with E-state index in [1.165, 1.54) is 6.07 Å². The number of halogens is 2. The van der Waals surface area contributed by atoms with Crippen molar-refractivity contribution < 1.29 is 18.1 Å². The first-order valence-corrected chi connectivity index (χ1v) is 8.35. The van der Waals surface area contributed by atoms with Crippen molar-refractivity contribution in [3.05, 3.63) is 46.8 Å². The monoisotopic (exact) mass is 348 g/mol. The van der Waals surface area contributed by atoms with E-state index in [1.807, 2.05) is 41.5 Å². The molecule has 25 heavy (non-hydrogen) atoms. The SMILES string of the molecule is Cc1nn(Cc2ccc(F)c(F)c2)c(C)c1B1OC(C)(C)C(C)(C)O1. The average molecular weight is 348 g/mol. The van der Waals surface area contributed by atoms with Crippen LogP contribution in [0.5, 0.6) is 0 Å². The second kappa shape index (κ2) is 5.92. The van der Waals surface area contributed by atoms with Crippen LogP contribution in [0.3, 0.4) is 0 Å². The molecule has 4 nitrogen and oxygen atoms in total. The molecule has 0 N–H and O–H groups in total. The molecule has 2 aromatic rings. The largest absolute Gasteiger partial charge is 0.498 e. The minimum atomic E-state index is -0.856. The van der Waals surface area contributed by atoms with E-state index in [0.29, 0.717) is 12.1 Å². The van der Waals surface area contributed by atoms with Gasteiger partial charge in [0.05, 0.1) is 23.4 Å². The molecule has 1 aliphatic heterocycles. The first kappa shape index (κ1) is 18.1. The Morgan fingerprint density at radius 2 is 1.64 bits per heavy atom. The number of aromatic nitrogens is 2. The zero-order valence-electron chi connectivity index (χ0n) is 15.5. The van der Waals surface area contributed by atoms with E-state index < -0.39 is 30.0 Å². The summed E-state index contributed by atoms with van der Waals surface area (Å²) in [5.74, 6) is -1.71. The summed E-state index contributed by atoms with van der Waals surface area (Å²) < 4.78 is 40.6. The fraction of sp³-hybridized carbons (Fsp3) is 0.500. The van der Waals surface area contributed by atoms with E-state index in [0.717, 1.165) is 22.9 Å². The van der Waals surface area contributed by atoms with Gasteiger partial charge in [0.25, 0.3) is 0 Å². The maximum absolute atomic E-state index is 13.4. The number of hydrogen-bond acceptors (Lipinski definition) is 3. The number of benzene rings is 1. The second-order valence-corrected chi connectivity index (χ2v) is 7.58. The number of rotatable bonds is 3. The normalized spacial score (nSPS) is 18.8. The Morgan fingerprint density at radius 3 is 2.20 bits per heavy atom. The third-order valence-electron chi connectivity index (χ3n) is 5.24. The molecule has 1 aliphatic rings. The summed E-state index contributed by atoms with van der Waals surface area (Å²) in [7, 11) is -0.497. The summed E-state index contributed by atoms with van der Waals surface area (Å²) in [4.78, 5) is 0. The van der Waals surface area contributed by atoms with Gasteiger partial charge < -0.3 is 9.31 Å². The zero-order valence-corrected chi connectivity index (χ0v) is 15.5. The van der Waals surface area contributed by atoms with Gasteiger partial charge in [-0.2, -0.15) is 5.10 Å². The van der Waals surface area contributed by atoms with Crippen LogP contribution in [0, 0.1) is 25.5 Å². The van der Waals surface area contributed by atoms with Gasteiger partial charge in [-0.25, -0.2) is 8.78 Å². The third kappa shape index (κ3) is 3.11. The van der Waals surface area contributed by atoms with Gasteiger partial charge >= 0.3 is 7.12 Å². The van der Waals surface area contributed by atoms with Gasteiger partial charge in [0, 0.05) is 11.2 Å². The van der Waals surface area contributed by atoms with Gasteiger partial charge in [-0.15, -0.1) is 0 Å². The lowest BCUT2D eigenvalue weighted by Crippen LogP contribution is -2.41. The predicted molar refractivity (Wildman–Crippen MR) is 92.9 cm³/mol. The van der Waals surface area contributed by atoms with E-state index in [2.05, 4.69) is 5.10 Å². The molecular formula is C18H23BF2N2O2. The lowest BCUT2D eigenvalue weighted by Gasteiger charge is -2.32. The number of nitrogens with zero attached hydrogens (tertiary/aromatic N) is 2. The Bertz CT molecular complexity index is 802. The summed E-state index contributed by atoms with van der Waals surface area (Å²) in [6.45, 7) is 12.2. The molecule has 0 saturated carbocycles. The molecule has 3 rings (SSSR count). The van der Waals surface area contributed by atoms with Crippen molar-refractivity contribution in [3.8, 4) is 0 Å². The Labute approximate surface area is 147 Å². The molecule has 1 aromatic heterocycles. The van der Waals surface area contributed by atoms with Crippen LogP contribution in [-0.4, -0.2) is 28.1 Å². The highest BCUT2D eigenvalue weighted by atomic mass is 19.2. The van der Waals surface area contributed by atoms with Crippen molar-refractivity contribution in [2.45, 2.75) is 59.3 Å². The molecule has 1 aromatic carbocycles. The minimum absolute atomic E-state index is 0.351. The first-order valence-electron chi connectivity index (χ1n) is 8.35. The molecule has 0 amide bonds. The molecular weight excluding hydrogens is 325 g/mol. The van der Waals surface area contributed by atoms with Gasteiger partial charge in [-0.1, -0.05) is 6.07 Å². The summed E-state index contributed by atoms with van der Waals surface area (Å²) in [5, 5.41) is 4.54. The van der Waals surface area contributed by atoms with Crippen molar-refractivity contribution in [2.24, 2.45) is 0 Å². The van der Waals surface area contributed by atoms with Gasteiger partial charge in [-0.3, -0.25) is 4.68 Å². The first-order chi connectivity index (χ1) is 11.5. The number of hydrogen-bond donors (Lipinski definition) is 0. The van der Waals surface area contributed by atoms with Crippen LogP contribution >= 0.6 is 0 Å². The summed E-state index contributed by atoms with van der Waals surface area (Å²) in [6.07, 6.45) is 0. The molecule has 1 fully saturated rings. The summed E-state index contributed by atoms with van der Waals surface area (Å²) >= 11 is 0. The standard InChI is InChI=1S/C18H23BF2N2O2/c1-11-16(19-24-17(3,4)18(5,6)25-19)12(2)23(22-11)10-13-7-8-14(20)15(21)9-13/h7-9H,10H2,1-6H3. The quantitative estimate of drug-likeness (QED) is 0.800. The van der Waals surface area contributed by atoms with Gasteiger partial charge in [0.1, 0.15) is 0 Å². The minimum Gasteiger partial charge on any atom is -0.399 e. The summed E-state index contributed by atoms with van der Waals surface area (Å²) in [6, 6.07) is 3.88. The Morgan fingerprint density at radius 1 is 1.04 bits per heavy atom. The average Bonchev–Trinajstić information content (AvgIpc) is 2.87. The van der Waals surface area contributed by atoms with Crippen molar-refractivity contribution in [1.82, 2.24) is 9.78 Å². The second-order valence-electron chi connectivity index (χ2n) is 7.58. The Balaban J connectivity index is 1.90. The molecule has 7 heteroatoms. The highest BCUT2D eigenvalue weighted by Gasteiger charge is 2.53. The molecule has 2 heterocycles. The fourth-order valence-corrected chi connectivity index (χ4v) is 2.98. The third-order valence-corrected chi connectivity index (χ3v) is 5.24. The van der Waals surface area contributed by atoms with Crippen LogP contribution in [0.25, 0.3) is 0 Å². The lowest BCUT2D eigenvalue weighted by atomic mass is 9.77. The van der Waals surface area contributed by atoms with Crippen LogP contribution in [-0.2, 0) is 15.9 Å². The van der Waals surface area contributed by atoms with Crippen molar-refractivity contribution >= 4 is 12.6 Å². The van der Waals surface area contributed by atoms with E-state index in [-0.39, 0.29) is 0 Å². The molecule has 0 radical (unpaired) electrons. The molecule has 134 valence electrons. The fourth-order valence-electron chi connectivity index (χ4n) is 2.98. The van der Waals surface area contributed by atoms with Crippen LogP contribution in [0.1, 0.15) is 44.6 Å². The smallest absolute Gasteiger partial charge is 0.399 e. The van der Waals surface area contributed by atoms with Crippen LogP contribution in [0.2, 0.25) is 0 Å². The molecule has 0 unspecified atom stereocenters. The molecule has 0 spiro atoms. The van der Waals surface area contributed by atoms with E-state index >= 15 is 0 Å². The highest BCUT2D eigenvalue weighted by Crippen LogP contribution is 2.36. The van der Waals surface area contributed by atoms with Gasteiger partial charge in [-0.05, 0) is 59.2 Å². The predicted octanol–water partition coefficient (Wildman–Crippen LogP) is 3.13. The van der Waals surface area contributed by atoms with E-state index in [9.17, 15) is 8.78 Å². The van der Waals surface area contributed by atoms with E-state index in [4.69, 9.17) is 9.31 Å². The maximum atomic E-state index is 13.4. The van der Waals surface area contributed by atoms with Crippen LogP contribution in [0.4, 0.5) is 8.78 Å². The zero-order chi connectivity index (χ0) is 18.6. The van der Waals surface area contributed by atoms with Crippen molar-refractivity contribution in [1.29, 1.82) is 0 Å². The van der Waals surface area contributed by atoms with Crippen LogP contribution < -0.4 is 5.46 Å². The molecule has 0 atom stereocenters. The lowest BCUT2D eigenvalue weighted by molar-refractivity contribution is 0.00578. The Kier molecular flexibility index (Phi) is 4.28. The molecule has 1 saturated heterocycles. The van der Waals surface area contributed by atoms with Gasteiger partial charge in [0.15, 0.2) is 11.6 Å². The summed E-state index contributed by atoms with van der Waals surface area (Å²) in [5.41, 5.74) is 2.36. The van der Waals surface area contributed by atoms with Crippen molar-refractivity contribution in [3.63, 3.8) is 0 Å².